The lowest BCUT2D eigenvalue weighted by atomic mass is 9.82. The van der Waals surface area contributed by atoms with E-state index in [0.717, 1.165) is 22.5 Å². The van der Waals surface area contributed by atoms with E-state index in [4.69, 9.17) is 0 Å². The molecule has 3 rings (SSSR count). The maximum absolute atomic E-state index is 11.6. The number of rotatable bonds is 3. The molecule has 1 aromatic heterocycles. The average molecular weight is 323 g/mol. The van der Waals surface area contributed by atoms with Gasteiger partial charge in [-0.2, -0.15) is 0 Å². The minimum absolute atomic E-state index is 0.124. The van der Waals surface area contributed by atoms with E-state index in [2.05, 4.69) is 21.5 Å². The quantitative estimate of drug-likeness (QED) is 0.598. The first-order valence-electron chi connectivity index (χ1n) is 7.43. The molecule has 0 radical (unpaired) electrons. The van der Waals surface area contributed by atoms with Gasteiger partial charge in [-0.25, -0.2) is 0 Å². The highest BCUT2D eigenvalue weighted by Gasteiger charge is 2.31. The second-order valence-corrected chi connectivity index (χ2v) is 6.13. The van der Waals surface area contributed by atoms with Gasteiger partial charge in [0.15, 0.2) is 0 Å². The molecular formula is C18H17N3O3. The molecule has 0 saturated heterocycles. The fourth-order valence-corrected chi connectivity index (χ4v) is 2.56. The van der Waals surface area contributed by atoms with Crippen LogP contribution < -0.4 is 11.1 Å². The van der Waals surface area contributed by atoms with Crippen molar-refractivity contribution >= 4 is 23.0 Å². The number of nitrogens with zero attached hydrogens (tertiary/aromatic N) is 1. The number of allylic oxidation sites excluding steroid dienone is 2. The summed E-state index contributed by atoms with van der Waals surface area (Å²) >= 11 is 0. The van der Waals surface area contributed by atoms with Crippen LogP contribution in [0.2, 0.25) is 0 Å². The maximum atomic E-state index is 11.6. The number of fused-ring (bicyclic) bond motifs is 1. The Hall–Kier alpha value is -3.15. The second-order valence-electron chi connectivity index (χ2n) is 6.13. The first kappa shape index (κ1) is 15.7. The summed E-state index contributed by atoms with van der Waals surface area (Å²) in [5.74, 6) is -0.396. The summed E-state index contributed by atoms with van der Waals surface area (Å²) in [5, 5.41) is 9.94. The van der Waals surface area contributed by atoms with Crippen LogP contribution in [0.15, 0.2) is 51.5 Å². The highest BCUT2D eigenvalue weighted by atomic mass is 16.3. The summed E-state index contributed by atoms with van der Waals surface area (Å²) in [7, 11) is 0. The van der Waals surface area contributed by atoms with Crippen LogP contribution in [0.3, 0.4) is 0 Å². The Morgan fingerprint density at radius 1 is 1.17 bits per heavy atom. The van der Waals surface area contributed by atoms with Gasteiger partial charge in [0.2, 0.25) is 5.88 Å². The lowest BCUT2D eigenvalue weighted by Crippen LogP contribution is -2.29. The Labute approximate surface area is 137 Å². The number of aromatic nitrogens is 2. The third-order valence-electron chi connectivity index (χ3n) is 4.03. The van der Waals surface area contributed by atoms with Crippen LogP contribution in [0.5, 0.6) is 5.88 Å². The Balaban J connectivity index is 2.26. The van der Waals surface area contributed by atoms with Crippen LogP contribution in [-0.2, 0) is 0 Å². The largest absolute Gasteiger partial charge is 0.493 e. The number of nitrogens with one attached hydrogen (secondary N) is 2. The van der Waals surface area contributed by atoms with Crippen molar-refractivity contribution in [2.45, 2.75) is 13.8 Å². The van der Waals surface area contributed by atoms with Gasteiger partial charge in [-0.05, 0) is 12.1 Å². The van der Waals surface area contributed by atoms with Crippen LogP contribution in [-0.4, -0.2) is 20.8 Å². The van der Waals surface area contributed by atoms with Crippen molar-refractivity contribution < 1.29 is 5.11 Å². The monoisotopic (exact) mass is 323 g/mol. The summed E-state index contributed by atoms with van der Waals surface area (Å²) in [6.07, 6.45) is 3.41. The highest BCUT2D eigenvalue weighted by molar-refractivity contribution is 6.34. The molecular weight excluding hydrogens is 306 g/mol. The van der Waals surface area contributed by atoms with Gasteiger partial charge >= 0.3 is 11.1 Å². The van der Waals surface area contributed by atoms with Gasteiger partial charge in [-0.1, -0.05) is 38.1 Å². The average Bonchev–Trinajstić information content (AvgIpc) is 2.92. The van der Waals surface area contributed by atoms with Gasteiger partial charge < -0.3 is 10.1 Å². The molecule has 0 saturated carbocycles. The van der Waals surface area contributed by atoms with Gasteiger partial charge in [-0.3, -0.25) is 19.6 Å². The Kier molecular flexibility index (Phi) is 3.60. The molecule has 1 aliphatic heterocycles. The molecule has 1 aromatic carbocycles. The predicted octanol–water partition coefficient (Wildman–Crippen LogP) is 2.61. The smallest absolute Gasteiger partial charge is 0.316 e. The summed E-state index contributed by atoms with van der Waals surface area (Å²) in [6.45, 7) is 7.82. The number of H-pyrrole nitrogens is 2. The predicted molar refractivity (Wildman–Crippen MR) is 94.7 cm³/mol. The Morgan fingerprint density at radius 2 is 1.83 bits per heavy atom. The summed E-state index contributed by atoms with van der Waals surface area (Å²) in [4.78, 5) is 32.0. The summed E-state index contributed by atoms with van der Waals surface area (Å²) in [5.41, 5.74) is 1.20. The molecule has 0 bridgehead atoms. The van der Waals surface area contributed by atoms with Crippen molar-refractivity contribution in [1.82, 2.24) is 9.97 Å². The fraction of sp³-hybridized carbons (Fsp3) is 0.167. The van der Waals surface area contributed by atoms with Crippen molar-refractivity contribution in [2.24, 2.45) is 10.4 Å². The molecule has 0 aliphatic carbocycles. The number of aromatic hydroxyl groups is 1. The number of hydrogen-bond donors (Lipinski definition) is 3. The van der Waals surface area contributed by atoms with Crippen molar-refractivity contribution in [3.63, 3.8) is 0 Å². The van der Waals surface area contributed by atoms with Crippen LogP contribution in [0.25, 0.3) is 11.6 Å². The number of aromatic amines is 2. The molecule has 122 valence electrons. The molecule has 24 heavy (non-hydrogen) atoms. The lowest BCUT2D eigenvalue weighted by molar-refractivity contribution is 0.446. The molecule has 6 heteroatoms. The number of aliphatic imine (C=N–C) groups is 1. The highest BCUT2D eigenvalue weighted by Crippen LogP contribution is 2.42. The maximum Gasteiger partial charge on any atom is 0.316 e. The van der Waals surface area contributed by atoms with Crippen LogP contribution in [0.1, 0.15) is 25.1 Å². The minimum atomic E-state index is -0.901. The zero-order valence-electron chi connectivity index (χ0n) is 13.4. The number of para-hydroxylation sites is 1. The van der Waals surface area contributed by atoms with Crippen molar-refractivity contribution in [3.05, 3.63) is 68.9 Å². The first-order valence-corrected chi connectivity index (χ1v) is 7.43. The molecule has 2 aromatic rings. The zero-order valence-corrected chi connectivity index (χ0v) is 13.4. The summed E-state index contributed by atoms with van der Waals surface area (Å²) < 4.78 is 0. The molecule has 0 atom stereocenters. The SMILES string of the molecule is C=CC(C)(C)C1=Nc2ccccc2/C1=C/c1[nH]c(=O)c(=O)[nH]c1O. The van der Waals surface area contributed by atoms with Gasteiger partial charge in [0.25, 0.3) is 0 Å². The Morgan fingerprint density at radius 3 is 2.54 bits per heavy atom. The van der Waals surface area contributed by atoms with E-state index in [1.54, 1.807) is 12.2 Å². The normalized spacial score (nSPS) is 15.2. The molecule has 0 spiro atoms. The van der Waals surface area contributed by atoms with E-state index in [-0.39, 0.29) is 5.69 Å². The van der Waals surface area contributed by atoms with Gasteiger partial charge in [0.1, 0.15) is 5.69 Å². The summed E-state index contributed by atoms with van der Waals surface area (Å²) in [6, 6.07) is 7.59. The van der Waals surface area contributed by atoms with E-state index in [1.807, 2.05) is 38.1 Å². The van der Waals surface area contributed by atoms with Gasteiger partial charge in [0.05, 0.1) is 11.4 Å². The fourth-order valence-electron chi connectivity index (χ4n) is 2.56. The van der Waals surface area contributed by atoms with Crippen LogP contribution >= 0.6 is 0 Å². The van der Waals surface area contributed by atoms with Crippen molar-refractivity contribution in [2.75, 3.05) is 0 Å². The topological polar surface area (TPSA) is 98.3 Å². The van der Waals surface area contributed by atoms with E-state index < -0.39 is 22.4 Å². The molecule has 3 N–H and O–H groups in total. The van der Waals surface area contributed by atoms with Crippen molar-refractivity contribution in [3.8, 4) is 5.88 Å². The standard InChI is InChI=1S/C18H17N3O3/c1-4-18(2,3)14-11(10-7-5-6-8-12(10)19-14)9-13-15(22)21-17(24)16(23)20-13/h4-9H,1H2,2-3H3,(H,20,23)(H2,21,22,24)/b11-9-. The molecule has 2 heterocycles. The second kappa shape index (κ2) is 5.49. The van der Waals surface area contributed by atoms with Gasteiger partial charge in [0, 0.05) is 16.6 Å². The molecule has 0 fully saturated rings. The Bertz CT molecular complexity index is 1010. The van der Waals surface area contributed by atoms with Crippen LogP contribution in [0, 0.1) is 5.41 Å². The van der Waals surface area contributed by atoms with E-state index in [1.165, 1.54) is 0 Å². The lowest BCUT2D eigenvalue weighted by Gasteiger charge is -2.21. The minimum Gasteiger partial charge on any atom is -0.493 e. The van der Waals surface area contributed by atoms with E-state index in [9.17, 15) is 14.7 Å². The molecule has 6 nitrogen and oxygen atoms in total. The molecule has 0 unspecified atom stereocenters. The van der Waals surface area contributed by atoms with E-state index >= 15 is 0 Å². The number of hydrogen-bond acceptors (Lipinski definition) is 4. The zero-order chi connectivity index (χ0) is 17.5. The van der Waals surface area contributed by atoms with E-state index in [0.29, 0.717) is 0 Å². The van der Waals surface area contributed by atoms with Gasteiger partial charge in [-0.15, -0.1) is 6.58 Å². The molecule has 1 aliphatic rings. The third-order valence-corrected chi connectivity index (χ3v) is 4.03. The third kappa shape index (κ3) is 2.52. The molecule has 0 amide bonds. The number of benzene rings is 1. The van der Waals surface area contributed by atoms with Crippen molar-refractivity contribution in [1.29, 1.82) is 0 Å². The van der Waals surface area contributed by atoms with Crippen LogP contribution in [0.4, 0.5) is 5.69 Å². The first-order chi connectivity index (χ1) is 11.3.